The number of esters is 1. The van der Waals surface area contributed by atoms with Gasteiger partial charge in [-0.15, -0.1) is 0 Å². The lowest BCUT2D eigenvalue weighted by molar-refractivity contribution is 0.0560. The lowest BCUT2D eigenvalue weighted by Gasteiger charge is -2.11. The summed E-state index contributed by atoms with van der Waals surface area (Å²) in [5.74, 6) is 0.0757. The second-order valence-electron chi connectivity index (χ2n) is 6.44. The number of nitrogens with one attached hydrogen (secondary N) is 1. The van der Waals surface area contributed by atoms with E-state index in [0.29, 0.717) is 29.6 Å². The van der Waals surface area contributed by atoms with Gasteiger partial charge < -0.3 is 23.7 Å². The van der Waals surface area contributed by atoms with Crippen molar-refractivity contribution >= 4 is 23.8 Å². The van der Waals surface area contributed by atoms with Crippen molar-refractivity contribution in [2.45, 2.75) is 13.5 Å². The van der Waals surface area contributed by atoms with E-state index in [0.717, 1.165) is 5.56 Å². The molecule has 1 aromatic heterocycles. The Balaban J connectivity index is 1.64. The van der Waals surface area contributed by atoms with Gasteiger partial charge in [0, 0.05) is 0 Å². The number of benzene rings is 2. The molecule has 0 bridgehead atoms. The lowest BCUT2D eigenvalue weighted by Crippen LogP contribution is -2.01. The molecule has 1 heterocycles. The predicted octanol–water partition coefficient (Wildman–Crippen LogP) is 4.19. The summed E-state index contributed by atoms with van der Waals surface area (Å²) in [7, 11) is 1.28. The van der Waals surface area contributed by atoms with Crippen LogP contribution in [0.25, 0.3) is 0 Å². The molecule has 0 spiro atoms. The minimum absolute atomic E-state index is 0.104. The molecule has 0 atom stereocenters. The van der Waals surface area contributed by atoms with Gasteiger partial charge in [0.15, 0.2) is 11.5 Å². The summed E-state index contributed by atoms with van der Waals surface area (Å²) in [5.41, 5.74) is 4.46. The molecule has 0 aliphatic heterocycles. The number of carbonyl (C=O) groups excluding carboxylic acids is 1. The monoisotopic (exact) mass is 438 g/mol. The van der Waals surface area contributed by atoms with Gasteiger partial charge in [-0.1, -0.05) is 0 Å². The highest BCUT2D eigenvalue weighted by Gasteiger charge is 2.12. The van der Waals surface area contributed by atoms with Crippen LogP contribution in [0.4, 0.5) is 5.69 Å². The molecule has 166 valence electrons. The number of hydrogen-bond acceptors (Lipinski definition) is 8. The van der Waals surface area contributed by atoms with E-state index in [1.165, 1.54) is 25.3 Å². The average molecular weight is 438 g/mol. The molecule has 0 saturated carbocycles. The number of aromatic carboxylic acids is 1. The molecule has 0 aliphatic carbocycles. The van der Waals surface area contributed by atoms with E-state index in [2.05, 4.69) is 15.3 Å². The molecule has 2 aromatic carbocycles. The minimum atomic E-state index is -0.984. The Labute approximate surface area is 184 Å². The summed E-state index contributed by atoms with van der Waals surface area (Å²) in [4.78, 5) is 22.4. The van der Waals surface area contributed by atoms with Crippen molar-refractivity contribution in [3.63, 3.8) is 0 Å². The van der Waals surface area contributed by atoms with Crippen LogP contribution >= 0.6 is 0 Å². The SMILES string of the molecule is CCOc1cc(/C=N/Nc2ccc(C(=O)O)cc2)ccc1OCc1ccc(C(=O)OC)o1. The standard InChI is InChI=1S/C23H22N2O7/c1-3-30-21-12-15(13-24-25-17-7-5-16(6-8-17)22(26)27)4-10-19(21)31-14-18-9-11-20(32-18)23(28)29-2/h4-13,25H,3,14H2,1-2H3,(H,26,27)/b24-13+. The summed E-state index contributed by atoms with van der Waals surface area (Å²) >= 11 is 0. The van der Waals surface area contributed by atoms with E-state index >= 15 is 0 Å². The predicted molar refractivity (Wildman–Crippen MR) is 117 cm³/mol. The van der Waals surface area contributed by atoms with Gasteiger partial charge in [0.25, 0.3) is 0 Å². The van der Waals surface area contributed by atoms with Crippen molar-refractivity contribution in [3.8, 4) is 11.5 Å². The van der Waals surface area contributed by atoms with Crippen LogP contribution in [0.2, 0.25) is 0 Å². The molecule has 0 aliphatic rings. The first-order chi connectivity index (χ1) is 15.5. The van der Waals surface area contributed by atoms with Gasteiger partial charge in [-0.3, -0.25) is 5.43 Å². The summed E-state index contributed by atoms with van der Waals surface area (Å²) in [5, 5.41) is 13.1. The molecule has 3 aromatic rings. The fraction of sp³-hybridized carbons (Fsp3) is 0.174. The van der Waals surface area contributed by atoms with Gasteiger partial charge in [0.2, 0.25) is 5.76 Å². The third-order valence-corrected chi connectivity index (χ3v) is 4.22. The molecule has 3 rings (SSSR count). The smallest absolute Gasteiger partial charge is 0.373 e. The normalized spacial score (nSPS) is 10.7. The quantitative estimate of drug-likeness (QED) is 0.275. The number of hydrogen-bond donors (Lipinski definition) is 2. The van der Waals surface area contributed by atoms with E-state index in [1.807, 2.05) is 6.92 Å². The number of furan rings is 1. The highest BCUT2D eigenvalue weighted by Crippen LogP contribution is 2.29. The number of anilines is 1. The van der Waals surface area contributed by atoms with Crippen molar-refractivity contribution in [2.75, 3.05) is 19.1 Å². The van der Waals surface area contributed by atoms with Gasteiger partial charge >= 0.3 is 11.9 Å². The number of ether oxygens (including phenoxy) is 3. The average Bonchev–Trinajstić information content (AvgIpc) is 3.27. The maximum Gasteiger partial charge on any atom is 0.373 e. The number of methoxy groups -OCH3 is 1. The molecule has 9 heteroatoms. The van der Waals surface area contributed by atoms with E-state index in [4.69, 9.17) is 19.0 Å². The Kier molecular flexibility index (Phi) is 7.47. The van der Waals surface area contributed by atoms with Crippen LogP contribution in [0.15, 0.2) is 64.1 Å². The number of nitrogens with zero attached hydrogens (tertiary/aromatic N) is 1. The van der Waals surface area contributed by atoms with E-state index in [9.17, 15) is 9.59 Å². The number of rotatable bonds is 10. The zero-order chi connectivity index (χ0) is 22.9. The number of hydrazone groups is 1. The maximum absolute atomic E-state index is 11.5. The van der Waals surface area contributed by atoms with Crippen LogP contribution in [0.1, 0.15) is 39.2 Å². The Morgan fingerprint density at radius 1 is 1.06 bits per heavy atom. The third-order valence-electron chi connectivity index (χ3n) is 4.22. The first-order valence-electron chi connectivity index (χ1n) is 9.69. The van der Waals surface area contributed by atoms with Crippen LogP contribution in [-0.2, 0) is 11.3 Å². The van der Waals surface area contributed by atoms with Gasteiger partial charge in [-0.2, -0.15) is 5.10 Å². The number of carbonyl (C=O) groups is 2. The van der Waals surface area contributed by atoms with Crippen LogP contribution in [0.5, 0.6) is 11.5 Å². The molecule has 2 N–H and O–H groups in total. The summed E-state index contributed by atoms with van der Waals surface area (Å²) < 4.78 is 21.5. The highest BCUT2D eigenvalue weighted by molar-refractivity contribution is 5.88. The Hall–Kier alpha value is -4.27. The Morgan fingerprint density at radius 3 is 2.53 bits per heavy atom. The zero-order valence-electron chi connectivity index (χ0n) is 17.5. The molecule has 0 radical (unpaired) electrons. The highest BCUT2D eigenvalue weighted by atomic mass is 16.5. The minimum Gasteiger partial charge on any atom is -0.490 e. The summed E-state index contributed by atoms with van der Waals surface area (Å²) in [6.07, 6.45) is 1.60. The zero-order valence-corrected chi connectivity index (χ0v) is 17.5. The fourth-order valence-corrected chi connectivity index (χ4v) is 2.68. The van der Waals surface area contributed by atoms with Crippen LogP contribution in [-0.4, -0.2) is 37.0 Å². The van der Waals surface area contributed by atoms with E-state index < -0.39 is 11.9 Å². The van der Waals surface area contributed by atoms with Gasteiger partial charge in [0.05, 0.1) is 31.2 Å². The van der Waals surface area contributed by atoms with Crippen LogP contribution < -0.4 is 14.9 Å². The largest absolute Gasteiger partial charge is 0.490 e. The van der Waals surface area contributed by atoms with E-state index in [-0.39, 0.29) is 17.9 Å². The van der Waals surface area contributed by atoms with Gasteiger partial charge in [0.1, 0.15) is 12.4 Å². The molecular weight excluding hydrogens is 416 g/mol. The molecule has 32 heavy (non-hydrogen) atoms. The Morgan fingerprint density at radius 2 is 1.84 bits per heavy atom. The molecule has 0 fully saturated rings. The van der Waals surface area contributed by atoms with Crippen LogP contribution in [0, 0.1) is 0 Å². The van der Waals surface area contributed by atoms with Crippen LogP contribution in [0.3, 0.4) is 0 Å². The van der Waals surface area contributed by atoms with E-state index in [1.54, 1.807) is 42.6 Å². The molecule has 0 unspecified atom stereocenters. The molecule has 0 amide bonds. The van der Waals surface area contributed by atoms with Crippen molar-refractivity contribution in [1.29, 1.82) is 0 Å². The first kappa shape index (κ1) is 22.4. The van der Waals surface area contributed by atoms with Crippen molar-refractivity contribution in [3.05, 3.63) is 77.2 Å². The summed E-state index contributed by atoms with van der Waals surface area (Å²) in [6, 6.07) is 14.7. The third kappa shape index (κ3) is 5.88. The topological polar surface area (TPSA) is 120 Å². The molecule has 9 nitrogen and oxygen atoms in total. The second kappa shape index (κ2) is 10.7. The summed E-state index contributed by atoms with van der Waals surface area (Å²) in [6.45, 7) is 2.42. The number of carboxylic acid groups (broad SMARTS) is 1. The van der Waals surface area contributed by atoms with Crippen molar-refractivity contribution in [2.24, 2.45) is 5.10 Å². The lowest BCUT2D eigenvalue weighted by atomic mass is 10.2. The van der Waals surface area contributed by atoms with Gasteiger partial charge in [-0.05, 0) is 67.1 Å². The number of carboxylic acids is 1. The van der Waals surface area contributed by atoms with Crippen molar-refractivity contribution in [1.82, 2.24) is 0 Å². The van der Waals surface area contributed by atoms with Gasteiger partial charge in [-0.25, -0.2) is 9.59 Å². The molecule has 0 saturated heterocycles. The van der Waals surface area contributed by atoms with Crippen molar-refractivity contribution < 1.29 is 33.3 Å². The Bertz CT molecular complexity index is 1100. The fourth-order valence-electron chi connectivity index (χ4n) is 2.68. The molecular formula is C23H22N2O7. The first-order valence-corrected chi connectivity index (χ1v) is 9.69. The second-order valence-corrected chi connectivity index (χ2v) is 6.44. The maximum atomic E-state index is 11.5.